The molecular formula is C21H17NO2. The largest absolute Gasteiger partial charge is 0.497 e. The van der Waals surface area contributed by atoms with E-state index < -0.39 is 0 Å². The van der Waals surface area contributed by atoms with Gasteiger partial charge >= 0.3 is 0 Å². The molecule has 0 aliphatic rings. The maximum atomic E-state index is 9.60. The van der Waals surface area contributed by atoms with Crippen LogP contribution in [0.5, 0.6) is 11.5 Å². The molecule has 0 bridgehead atoms. The molecule has 118 valence electrons. The molecule has 0 spiro atoms. The minimum atomic E-state index is 0.611. The smallest absolute Gasteiger partial charge is 0.126 e. The minimum Gasteiger partial charge on any atom is -0.497 e. The summed E-state index contributed by atoms with van der Waals surface area (Å²) in [6.45, 7) is 0. The topological polar surface area (TPSA) is 42.2 Å². The number of nitrogens with zero attached hydrogens (tertiary/aromatic N) is 1. The number of hydrogen-bond acceptors (Lipinski definition) is 3. The molecule has 24 heavy (non-hydrogen) atoms. The van der Waals surface area contributed by atoms with Gasteiger partial charge in [-0.2, -0.15) is 5.26 Å². The van der Waals surface area contributed by atoms with Gasteiger partial charge < -0.3 is 9.47 Å². The summed E-state index contributed by atoms with van der Waals surface area (Å²) >= 11 is 0. The van der Waals surface area contributed by atoms with Gasteiger partial charge in [-0.3, -0.25) is 0 Å². The Labute approximate surface area is 141 Å². The lowest BCUT2D eigenvalue weighted by molar-refractivity contribution is 0.415. The highest BCUT2D eigenvalue weighted by Gasteiger charge is 2.11. The predicted molar refractivity (Wildman–Crippen MR) is 95.1 cm³/mol. The molecular weight excluding hydrogens is 298 g/mol. The fourth-order valence-electron chi connectivity index (χ4n) is 2.72. The Hall–Kier alpha value is -3.25. The average molecular weight is 315 g/mol. The summed E-state index contributed by atoms with van der Waals surface area (Å²) in [7, 11) is 3.28. The van der Waals surface area contributed by atoms with E-state index >= 15 is 0 Å². The number of para-hydroxylation sites is 1. The quantitative estimate of drug-likeness (QED) is 0.687. The fraction of sp³-hybridized carbons (Fsp3) is 0.0952. The summed E-state index contributed by atoms with van der Waals surface area (Å²) in [6, 6.07) is 23.7. The van der Waals surface area contributed by atoms with Crippen molar-refractivity contribution < 1.29 is 9.47 Å². The number of nitriles is 1. The van der Waals surface area contributed by atoms with E-state index in [9.17, 15) is 5.26 Å². The first kappa shape index (κ1) is 15.6. The molecule has 0 N–H and O–H groups in total. The van der Waals surface area contributed by atoms with Crippen LogP contribution in [0.4, 0.5) is 0 Å². The van der Waals surface area contributed by atoms with Gasteiger partial charge in [0.1, 0.15) is 11.5 Å². The van der Waals surface area contributed by atoms with Crippen LogP contribution < -0.4 is 9.47 Å². The Bertz CT molecular complexity index is 910. The van der Waals surface area contributed by atoms with Gasteiger partial charge in [0.05, 0.1) is 25.9 Å². The lowest BCUT2D eigenvalue weighted by Gasteiger charge is -2.11. The lowest BCUT2D eigenvalue weighted by Crippen LogP contribution is -1.91. The zero-order valence-corrected chi connectivity index (χ0v) is 13.6. The van der Waals surface area contributed by atoms with Gasteiger partial charge in [-0.1, -0.05) is 42.5 Å². The van der Waals surface area contributed by atoms with Crippen molar-refractivity contribution in [3.63, 3.8) is 0 Å². The van der Waals surface area contributed by atoms with Crippen LogP contribution >= 0.6 is 0 Å². The molecule has 0 aliphatic carbocycles. The molecule has 3 rings (SSSR count). The molecule has 0 unspecified atom stereocenters. The molecule has 3 aromatic carbocycles. The molecule has 3 heteroatoms. The van der Waals surface area contributed by atoms with E-state index in [-0.39, 0.29) is 0 Å². The van der Waals surface area contributed by atoms with Gasteiger partial charge in [-0.05, 0) is 35.4 Å². The van der Waals surface area contributed by atoms with Gasteiger partial charge in [0.15, 0.2) is 0 Å². The Balaban J connectivity index is 2.10. The van der Waals surface area contributed by atoms with Gasteiger partial charge in [0, 0.05) is 11.1 Å². The molecule has 0 atom stereocenters. The van der Waals surface area contributed by atoms with Gasteiger partial charge in [-0.15, -0.1) is 0 Å². The second-order valence-corrected chi connectivity index (χ2v) is 5.30. The van der Waals surface area contributed by atoms with E-state index in [1.165, 1.54) is 0 Å². The van der Waals surface area contributed by atoms with Crippen molar-refractivity contribution in [2.75, 3.05) is 14.2 Å². The molecule has 0 saturated heterocycles. The zero-order chi connectivity index (χ0) is 16.9. The molecule has 0 heterocycles. The summed E-state index contributed by atoms with van der Waals surface area (Å²) in [4.78, 5) is 0. The Kier molecular flexibility index (Phi) is 4.49. The highest BCUT2D eigenvalue weighted by Crippen LogP contribution is 2.34. The molecule has 0 aromatic heterocycles. The zero-order valence-electron chi connectivity index (χ0n) is 13.6. The lowest BCUT2D eigenvalue weighted by atomic mass is 9.95. The molecule has 3 nitrogen and oxygen atoms in total. The first-order valence-electron chi connectivity index (χ1n) is 7.59. The van der Waals surface area contributed by atoms with E-state index in [1.807, 2.05) is 66.7 Å². The summed E-state index contributed by atoms with van der Waals surface area (Å²) in [5, 5.41) is 9.60. The normalized spacial score (nSPS) is 10.0. The van der Waals surface area contributed by atoms with Crippen molar-refractivity contribution in [1.29, 1.82) is 5.26 Å². The van der Waals surface area contributed by atoms with Crippen molar-refractivity contribution >= 4 is 0 Å². The van der Waals surface area contributed by atoms with Crippen molar-refractivity contribution in [2.24, 2.45) is 0 Å². The first-order valence-corrected chi connectivity index (χ1v) is 7.59. The average Bonchev–Trinajstić information content (AvgIpc) is 2.67. The molecule has 3 aromatic rings. The summed E-state index contributed by atoms with van der Waals surface area (Å²) < 4.78 is 10.7. The monoisotopic (exact) mass is 315 g/mol. The van der Waals surface area contributed by atoms with Gasteiger partial charge in [-0.25, -0.2) is 0 Å². The van der Waals surface area contributed by atoms with Crippen molar-refractivity contribution in [3.8, 4) is 39.8 Å². The number of benzene rings is 3. The predicted octanol–water partition coefficient (Wildman–Crippen LogP) is 4.91. The minimum absolute atomic E-state index is 0.611. The Morgan fingerprint density at radius 3 is 2.29 bits per heavy atom. The summed E-state index contributed by atoms with van der Waals surface area (Å²) in [6.07, 6.45) is 0. The van der Waals surface area contributed by atoms with Crippen LogP contribution in [0.25, 0.3) is 22.3 Å². The number of methoxy groups -OCH3 is 2. The third-order valence-electron chi connectivity index (χ3n) is 3.94. The SMILES string of the molecule is COc1cccc(-c2ccc(-c3ccccc3OC)c(C#N)c2)c1. The van der Waals surface area contributed by atoms with Crippen LogP contribution in [-0.4, -0.2) is 14.2 Å². The van der Waals surface area contributed by atoms with Crippen LogP contribution in [0.2, 0.25) is 0 Å². The maximum absolute atomic E-state index is 9.60. The van der Waals surface area contributed by atoms with E-state index in [1.54, 1.807) is 14.2 Å². The van der Waals surface area contributed by atoms with Crippen LogP contribution in [0.15, 0.2) is 66.7 Å². The third-order valence-corrected chi connectivity index (χ3v) is 3.94. The van der Waals surface area contributed by atoms with Crippen LogP contribution in [0, 0.1) is 11.3 Å². The molecule has 0 radical (unpaired) electrons. The standard InChI is InChI=1S/C21H17NO2/c1-23-18-7-5-6-15(13-18)16-10-11-19(17(12-16)14-22)20-8-3-4-9-21(20)24-2/h3-13H,1-2H3. The number of ether oxygens (including phenoxy) is 2. The van der Waals surface area contributed by atoms with Crippen molar-refractivity contribution in [1.82, 2.24) is 0 Å². The van der Waals surface area contributed by atoms with Crippen molar-refractivity contribution in [2.45, 2.75) is 0 Å². The fourth-order valence-corrected chi connectivity index (χ4v) is 2.72. The molecule has 0 amide bonds. The highest BCUT2D eigenvalue weighted by atomic mass is 16.5. The summed E-state index contributed by atoms with van der Waals surface area (Å²) in [5.74, 6) is 1.54. The Morgan fingerprint density at radius 2 is 1.54 bits per heavy atom. The molecule has 0 saturated carbocycles. The number of hydrogen-bond donors (Lipinski definition) is 0. The second-order valence-electron chi connectivity index (χ2n) is 5.30. The molecule has 0 aliphatic heterocycles. The number of rotatable bonds is 4. The van der Waals surface area contributed by atoms with Gasteiger partial charge in [0.25, 0.3) is 0 Å². The maximum Gasteiger partial charge on any atom is 0.126 e. The van der Waals surface area contributed by atoms with Gasteiger partial charge in [0.2, 0.25) is 0 Å². The van der Waals surface area contributed by atoms with E-state index in [0.29, 0.717) is 5.56 Å². The van der Waals surface area contributed by atoms with Crippen molar-refractivity contribution in [3.05, 3.63) is 72.3 Å². The first-order chi connectivity index (χ1) is 11.8. The third kappa shape index (κ3) is 2.95. The highest BCUT2D eigenvalue weighted by molar-refractivity contribution is 5.79. The van der Waals surface area contributed by atoms with E-state index in [0.717, 1.165) is 33.8 Å². The summed E-state index contributed by atoms with van der Waals surface area (Å²) in [5.41, 5.74) is 4.37. The van der Waals surface area contributed by atoms with Crippen LogP contribution in [-0.2, 0) is 0 Å². The van der Waals surface area contributed by atoms with Crippen LogP contribution in [0.3, 0.4) is 0 Å². The van der Waals surface area contributed by atoms with Crippen LogP contribution in [0.1, 0.15) is 5.56 Å². The van der Waals surface area contributed by atoms with E-state index in [4.69, 9.17) is 9.47 Å². The second kappa shape index (κ2) is 6.89. The molecule has 0 fully saturated rings. The van der Waals surface area contributed by atoms with E-state index in [2.05, 4.69) is 6.07 Å². The Morgan fingerprint density at radius 1 is 0.750 bits per heavy atom.